The molecule has 0 saturated carbocycles. The maximum Gasteiger partial charge on any atom is 0.0658 e. The molecule has 0 aromatic carbocycles. The van der Waals surface area contributed by atoms with Gasteiger partial charge in [-0.05, 0) is 32.8 Å². The summed E-state index contributed by atoms with van der Waals surface area (Å²) in [6, 6.07) is 0.183. The van der Waals surface area contributed by atoms with Crippen molar-refractivity contribution in [1.82, 2.24) is 9.78 Å². The maximum atomic E-state index is 5.81. The van der Waals surface area contributed by atoms with Gasteiger partial charge < -0.3 is 10.5 Å². The Balaban J connectivity index is 2.83. The van der Waals surface area contributed by atoms with Crippen molar-refractivity contribution < 1.29 is 4.74 Å². The molecular formula is C11H21N3O. The second kappa shape index (κ2) is 5.28. The third kappa shape index (κ3) is 3.04. The summed E-state index contributed by atoms with van der Waals surface area (Å²) < 4.78 is 7.04. The normalized spacial score (nSPS) is 13.1. The van der Waals surface area contributed by atoms with Gasteiger partial charge in [-0.15, -0.1) is 0 Å². The van der Waals surface area contributed by atoms with Crippen LogP contribution in [-0.2, 0) is 17.7 Å². The van der Waals surface area contributed by atoms with Crippen LogP contribution >= 0.6 is 0 Å². The molecule has 0 fully saturated rings. The van der Waals surface area contributed by atoms with Crippen molar-refractivity contribution in [3.63, 3.8) is 0 Å². The third-order valence-electron chi connectivity index (χ3n) is 2.56. The van der Waals surface area contributed by atoms with Gasteiger partial charge in [0.2, 0.25) is 0 Å². The minimum absolute atomic E-state index is 0.183. The van der Waals surface area contributed by atoms with Crippen LogP contribution in [0.3, 0.4) is 0 Å². The number of aryl methyl sites for hydroxylation is 1. The monoisotopic (exact) mass is 211 g/mol. The first-order valence-corrected chi connectivity index (χ1v) is 5.33. The maximum absolute atomic E-state index is 5.81. The Kier molecular flexibility index (Phi) is 4.29. The Bertz CT molecular complexity index is 318. The molecular weight excluding hydrogens is 190 g/mol. The van der Waals surface area contributed by atoms with E-state index in [-0.39, 0.29) is 6.04 Å². The van der Waals surface area contributed by atoms with E-state index in [2.05, 4.69) is 12.0 Å². The molecule has 0 aliphatic heterocycles. The predicted octanol–water partition coefficient (Wildman–Crippen LogP) is 1.04. The van der Waals surface area contributed by atoms with Gasteiger partial charge in [-0.25, -0.2) is 0 Å². The fourth-order valence-corrected chi connectivity index (χ4v) is 1.75. The molecule has 1 rings (SSSR count). The lowest BCUT2D eigenvalue weighted by molar-refractivity contribution is 0.182. The Hall–Kier alpha value is -0.870. The van der Waals surface area contributed by atoms with Crippen molar-refractivity contribution in [1.29, 1.82) is 0 Å². The lowest BCUT2D eigenvalue weighted by Gasteiger charge is -2.06. The van der Waals surface area contributed by atoms with Gasteiger partial charge >= 0.3 is 0 Å². The molecule has 2 N–H and O–H groups in total. The molecule has 1 heterocycles. The first-order chi connectivity index (χ1) is 7.06. The van der Waals surface area contributed by atoms with Crippen LogP contribution in [0.2, 0.25) is 0 Å². The summed E-state index contributed by atoms with van der Waals surface area (Å²) in [5, 5.41) is 4.48. The van der Waals surface area contributed by atoms with E-state index in [9.17, 15) is 0 Å². The molecule has 1 atom stereocenters. The fourth-order valence-electron chi connectivity index (χ4n) is 1.75. The lowest BCUT2D eigenvalue weighted by Crippen LogP contribution is -2.18. The van der Waals surface area contributed by atoms with Crippen molar-refractivity contribution in [3.8, 4) is 0 Å². The van der Waals surface area contributed by atoms with E-state index in [1.807, 2.05) is 18.5 Å². The van der Waals surface area contributed by atoms with Crippen molar-refractivity contribution in [3.05, 3.63) is 17.0 Å². The van der Waals surface area contributed by atoms with Crippen LogP contribution in [0.4, 0.5) is 0 Å². The first-order valence-electron chi connectivity index (χ1n) is 5.33. The molecule has 86 valence electrons. The van der Waals surface area contributed by atoms with E-state index in [1.54, 1.807) is 7.11 Å². The van der Waals surface area contributed by atoms with Gasteiger partial charge in [0.05, 0.1) is 18.8 Å². The fraction of sp³-hybridized carbons (Fsp3) is 0.727. The molecule has 0 amide bonds. The van der Waals surface area contributed by atoms with Crippen molar-refractivity contribution in [2.75, 3.05) is 13.7 Å². The highest BCUT2D eigenvalue weighted by Gasteiger charge is 2.12. The standard InChI is InChI=1S/C11H21N3O/c1-8(12)7-11-9(2)13-14(10(11)3)5-6-15-4/h8H,5-7,12H2,1-4H3. The molecule has 0 aliphatic rings. The second-order valence-electron chi connectivity index (χ2n) is 4.05. The van der Waals surface area contributed by atoms with Gasteiger partial charge in [0, 0.05) is 18.8 Å². The van der Waals surface area contributed by atoms with Crippen molar-refractivity contribution >= 4 is 0 Å². The average Bonchev–Trinajstić information content (AvgIpc) is 2.42. The Morgan fingerprint density at radius 1 is 1.47 bits per heavy atom. The molecule has 1 aromatic rings. The number of aromatic nitrogens is 2. The minimum Gasteiger partial charge on any atom is -0.383 e. The van der Waals surface area contributed by atoms with E-state index in [4.69, 9.17) is 10.5 Å². The summed E-state index contributed by atoms with van der Waals surface area (Å²) in [4.78, 5) is 0. The van der Waals surface area contributed by atoms with Gasteiger partial charge in [-0.1, -0.05) is 0 Å². The minimum atomic E-state index is 0.183. The highest BCUT2D eigenvalue weighted by Crippen LogP contribution is 2.14. The Labute approximate surface area is 91.4 Å². The van der Waals surface area contributed by atoms with Gasteiger partial charge in [-0.3, -0.25) is 4.68 Å². The Morgan fingerprint density at radius 3 is 2.67 bits per heavy atom. The molecule has 0 bridgehead atoms. The van der Waals surface area contributed by atoms with Crippen LogP contribution in [0.25, 0.3) is 0 Å². The number of rotatable bonds is 5. The number of nitrogens with zero attached hydrogens (tertiary/aromatic N) is 2. The van der Waals surface area contributed by atoms with E-state index in [1.165, 1.54) is 11.3 Å². The van der Waals surface area contributed by atoms with Crippen LogP contribution in [0.5, 0.6) is 0 Å². The summed E-state index contributed by atoms with van der Waals surface area (Å²) in [5.41, 5.74) is 9.38. The molecule has 1 aromatic heterocycles. The zero-order valence-corrected chi connectivity index (χ0v) is 10.1. The third-order valence-corrected chi connectivity index (χ3v) is 2.56. The first kappa shape index (κ1) is 12.2. The van der Waals surface area contributed by atoms with Gasteiger partial charge in [0.15, 0.2) is 0 Å². The van der Waals surface area contributed by atoms with Gasteiger partial charge in [0.1, 0.15) is 0 Å². The zero-order chi connectivity index (χ0) is 11.4. The summed E-state index contributed by atoms with van der Waals surface area (Å²) >= 11 is 0. The summed E-state index contributed by atoms with van der Waals surface area (Å²) in [5.74, 6) is 0. The van der Waals surface area contributed by atoms with Crippen LogP contribution in [-0.4, -0.2) is 29.5 Å². The zero-order valence-electron chi connectivity index (χ0n) is 10.1. The van der Waals surface area contributed by atoms with Crippen LogP contribution in [0.15, 0.2) is 0 Å². The predicted molar refractivity (Wildman–Crippen MR) is 60.9 cm³/mol. The molecule has 0 radical (unpaired) electrons. The van der Waals surface area contributed by atoms with Gasteiger partial charge in [-0.2, -0.15) is 5.10 Å². The molecule has 0 aliphatic carbocycles. The van der Waals surface area contributed by atoms with E-state index in [0.29, 0.717) is 6.61 Å². The highest BCUT2D eigenvalue weighted by molar-refractivity contribution is 5.25. The second-order valence-corrected chi connectivity index (χ2v) is 4.05. The smallest absolute Gasteiger partial charge is 0.0658 e. The summed E-state index contributed by atoms with van der Waals surface area (Å²) in [6.45, 7) is 7.65. The van der Waals surface area contributed by atoms with E-state index >= 15 is 0 Å². The molecule has 0 spiro atoms. The summed E-state index contributed by atoms with van der Waals surface area (Å²) in [7, 11) is 1.70. The lowest BCUT2D eigenvalue weighted by atomic mass is 10.1. The largest absolute Gasteiger partial charge is 0.383 e. The number of hydrogen-bond acceptors (Lipinski definition) is 3. The van der Waals surface area contributed by atoms with Crippen molar-refractivity contribution in [2.24, 2.45) is 5.73 Å². The molecule has 1 unspecified atom stereocenters. The number of hydrogen-bond donors (Lipinski definition) is 1. The van der Waals surface area contributed by atoms with Gasteiger partial charge in [0.25, 0.3) is 0 Å². The van der Waals surface area contributed by atoms with Crippen LogP contribution in [0, 0.1) is 13.8 Å². The molecule has 4 nitrogen and oxygen atoms in total. The number of ether oxygens (including phenoxy) is 1. The van der Waals surface area contributed by atoms with E-state index < -0.39 is 0 Å². The number of methoxy groups -OCH3 is 1. The van der Waals surface area contributed by atoms with Crippen LogP contribution in [0.1, 0.15) is 23.9 Å². The average molecular weight is 211 g/mol. The van der Waals surface area contributed by atoms with E-state index in [0.717, 1.165) is 18.7 Å². The highest BCUT2D eigenvalue weighted by atomic mass is 16.5. The summed E-state index contributed by atoms with van der Waals surface area (Å²) in [6.07, 6.45) is 0.894. The molecule has 0 saturated heterocycles. The topological polar surface area (TPSA) is 53.1 Å². The SMILES string of the molecule is COCCn1nc(C)c(CC(C)N)c1C. The van der Waals surface area contributed by atoms with Crippen LogP contribution < -0.4 is 5.73 Å². The molecule has 15 heavy (non-hydrogen) atoms. The van der Waals surface area contributed by atoms with Crippen molar-refractivity contribution in [2.45, 2.75) is 39.8 Å². The number of nitrogens with two attached hydrogens (primary N) is 1. The Morgan fingerprint density at radius 2 is 2.13 bits per heavy atom. The molecule has 4 heteroatoms. The quantitative estimate of drug-likeness (QED) is 0.791.